The molecule has 0 unspecified atom stereocenters. The maximum Gasteiger partial charge on any atom is -0.0160 e. The minimum absolute atomic E-state index is 1.01. The summed E-state index contributed by atoms with van der Waals surface area (Å²) in [6, 6.07) is 0. The van der Waals surface area contributed by atoms with Gasteiger partial charge in [-0.15, -0.1) is 0 Å². The molecule has 0 aromatic carbocycles. The summed E-state index contributed by atoms with van der Waals surface area (Å²) >= 11 is 0. The molecular formula is C14H19. The number of hydrogen-bond acceptors (Lipinski definition) is 0. The van der Waals surface area contributed by atoms with E-state index in [2.05, 4.69) is 48.6 Å². The van der Waals surface area contributed by atoms with E-state index < -0.39 is 0 Å². The fourth-order valence-electron chi connectivity index (χ4n) is 1.38. The molecule has 75 valence electrons. The molecule has 0 spiro atoms. The Kier molecular flexibility index (Phi) is 6.74. The van der Waals surface area contributed by atoms with Crippen LogP contribution in [-0.2, 0) is 0 Å². The summed E-state index contributed by atoms with van der Waals surface area (Å²) in [7, 11) is 0. The highest BCUT2D eigenvalue weighted by Crippen LogP contribution is 2.04. The molecule has 1 radical (unpaired) electrons. The Morgan fingerprint density at radius 2 is 1.64 bits per heavy atom. The molecule has 0 saturated carbocycles. The third-order valence-electron chi connectivity index (χ3n) is 2.20. The topological polar surface area (TPSA) is 0 Å². The van der Waals surface area contributed by atoms with E-state index in [0.717, 1.165) is 12.8 Å². The lowest BCUT2D eigenvalue weighted by Crippen LogP contribution is -1.75. The molecule has 14 heavy (non-hydrogen) atoms. The predicted molar refractivity (Wildman–Crippen MR) is 62.9 cm³/mol. The summed E-state index contributed by atoms with van der Waals surface area (Å²) < 4.78 is 0. The minimum atomic E-state index is 1.01. The highest BCUT2D eigenvalue weighted by molar-refractivity contribution is 5.11. The Bertz CT molecular complexity index is 228. The molecule has 0 saturated heterocycles. The summed E-state index contributed by atoms with van der Waals surface area (Å²) in [6.45, 7) is 0. The van der Waals surface area contributed by atoms with E-state index >= 15 is 0 Å². The second kappa shape index (κ2) is 8.55. The van der Waals surface area contributed by atoms with Gasteiger partial charge in [-0.05, 0) is 38.2 Å². The van der Waals surface area contributed by atoms with Crippen LogP contribution in [0.5, 0.6) is 0 Å². The van der Waals surface area contributed by atoms with Gasteiger partial charge < -0.3 is 0 Å². The van der Waals surface area contributed by atoms with Crippen molar-refractivity contribution in [2.45, 2.75) is 38.5 Å². The second-order valence-electron chi connectivity index (χ2n) is 3.48. The second-order valence-corrected chi connectivity index (χ2v) is 3.48. The van der Waals surface area contributed by atoms with Crippen LogP contribution < -0.4 is 0 Å². The normalized spacial score (nSPS) is 19.4. The molecule has 0 nitrogen and oxygen atoms in total. The van der Waals surface area contributed by atoms with Crippen molar-refractivity contribution in [2.75, 3.05) is 0 Å². The van der Waals surface area contributed by atoms with Crippen molar-refractivity contribution in [3.8, 4) is 0 Å². The number of rotatable bonds is 0. The van der Waals surface area contributed by atoms with Crippen LogP contribution in [0.1, 0.15) is 38.5 Å². The molecular weight excluding hydrogens is 168 g/mol. The summed E-state index contributed by atoms with van der Waals surface area (Å²) in [5, 5.41) is 0. The summed E-state index contributed by atoms with van der Waals surface area (Å²) in [4.78, 5) is 0. The van der Waals surface area contributed by atoms with Crippen molar-refractivity contribution in [1.29, 1.82) is 0 Å². The summed E-state index contributed by atoms with van der Waals surface area (Å²) in [5.74, 6) is 0. The van der Waals surface area contributed by atoms with E-state index in [0.29, 0.717) is 0 Å². The van der Waals surface area contributed by atoms with Crippen molar-refractivity contribution < 1.29 is 0 Å². The van der Waals surface area contributed by atoms with Gasteiger partial charge in [0.1, 0.15) is 0 Å². The molecule has 0 N–H and O–H groups in total. The van der Waals surface area contributed by atoms with Gasteiger partial charge in [-0.3, -0.25) is 0 Å². The van der Waals surface area contributed by atoms with E-state index in [1.807, 2.05) is 0 Å². The molecule has 0 aromatic heterocycles. The van der Waals surface area contributed by atoms with Gasteiger partial charge in [-0.2, -0.15) is 0 Å². The smallest absolute Gasteiger partial charge is 0.0160 e. The van der Waals surface area contributed by atoms with Crippen LogP contribution in [0.15, 0.2) is 42.5 Å². The highest BCUT2D eigenvalue weighted by Gasteiger charge is 1.85. The van der Waals surface area contributed by atoms with Crippen LogP contribution >= 0.6 is 0 Å². The van der Waals surface area contributed by atoms with Crippen molar-refractivity contribution in [1.82, 2.24) is 0 Å². The Balaban J connectivity index is 2.36. The molecule has 0 aliphatic heterocycles. The lowest BCUT2D eigenvalue weighted by atomic mass is 10.1. The molecule has 0 heteroatoms. The Labute approximate surface area is 87.7 Å². The largest absolute Gasteiger partial charge is 0.0845 e. The molecule has 0 atom stereocenters. The molecule has 1 aliphatic rings. The van der Waals surface area contributed by atoms with Gasteiger partial charge in [0.15, 0.2) is 0 Å². The maximum atomic E-state index is 3.32. The van der Waals surface area contributed by atoms with Gasteiger partial charge in [0, 0.05) is 0 Å². The third kappa shape index (κ3) is 6.47. The van der Waals surface area contributed by atoms with E-state index in [-0.39, 0.29) is 0 Å². The Morgan fingerprint density at radius 3 is 2.57 bits per heavy atom. The van der Waals surface area contributed by atoms with Crippen molar-refractivity contribution in [3.63, 3.8) is 0 Å². The van der Waals surface area contributed by atoms with Gasteiger partial charge in [0.25, 0.3) is 0 Å². The first kappa shape index (κ1) is 11.0. The zero-order valence-electron chi connectivity index (χ0n) is 8.78. The van der Waals surface area contributed by atoms with Crippen molar-refractivity contribution in [2.24, 2.45) is 0 Å². The molecule has 0 aromatic rings. The summed E-state index contributed by atoms with van der Waals surface area (Å²) in [5.41, 5.74) is 0. The third-order valence-corrected chi connectivity index (χ3v) is 2.20. The first-order valence-corrected chi connectivity index (χ1v) is 5.53. The monoisotopic (exact) mass is 187 g/mol. The van der Waals surface area contributed by atoms with Gasteiger partial charge in [0.2, 0.25) is 0 Å². The highest BCUT2D eigenvalue weighted by atomic mass is 13.9. The predicted octanol–water partition coefficient (Wildman–Crippen LogP) is 4.37. The van der Waals surface area contributed by atoms with Crippen LogP contribution in [0.25, 0.3) is 0 Å². The summed E-state index contributed by atoms with van der Waals surface area (Å²) in [6.07, 6.45) is 25.5. The average Bonchev–Trinajstić information content (AvgIpc) is 2.22. The van der Waals surface area contributed by atoms with Gasteiger partial charge in [0.05, 0.1) is 0 Å². The lowest BCUT2D eigenvalue weighted by molar-refractivity contribution is 0.690. The van der Waals surface area contributed by atoms with Crippen LogP contribution in [0.4, 0.5) is 0 Å². The van der Waals surface area contributed by atoms with Crippen LogP contribution in [-0.4, -0.2) is 0 Å². The molecule has 1 aliphatic carbocycles. The van der Waals surface area contributed by atoms with Crippen LogP contribution in [0, 0.1) is 6.08 Å². The Hall–Kier alpha value is -1.04. The molecule has 0 heterocycles. The van der Waals surface area contributed by atoms with Gasteiger partial charge in [-0.25, -0.2) is 0 Å². The minimum Gasteiger partial charge on any atom is -0.0845 e. The van der Waals surface area contributed by atoms with E-state index in [4.69, 9.17) is 0 Å². The number of allylic oxidation sites excluding steroid dienone is 8. The quantitative estimate of drug-likeness (QED) is 0.528. The zero-order chi connectivity index (χ0) is 9.90. The maximum absolute atomic E-state index is 3.32. The molecule has 0 fully saturated rings. The average molecular weight is 187 g/mol. The van der Waals surface area contributed by atoms with Gasteiger partial charge >= 0.3 is 0 Å². The fraction of sp³-hybridized carbons (Fsp3) is 0.429. The fourth-order valence-corrected chi connectivity index (χ4v) is 1.38. The van der Waals surface area contributed by atoms with Gasteiger partial charge in [-0.1, -0.05) is 49.0 Å². The first-order chi connectivity index (χ1) is 7.00. The first-order valence-electron chi connectivity index (χ1n) is 5.53. The standard InChI is InChI=1S/C14H19/c1-2-4-6-8-10-12-14-13-11-9-7-5-3-1/h1-6,9H,7-8,10,12-14H2. The molecule has 0 amide bonds. The number of hydrogen-bond donors (Lipinski definition) is 0. The van der Waals surface area contributed by atoms with Crippen LogP contribution in [0.2, 0.25) is 0 Å². The van der Waals surface area contributed by atoms with Crippen molar-refractivity contribution >= 4 is 0 Å². The SMILES string of the molecule is [C]1=CCC=CC=CC=CCCCCC1. The molecule has 1 rings (SSSR count). The van der Waals surface area contributed by atoms with E-state index in [9.17, 15) is 0 Å². The lowest BCUT2D eigenvalue weighted by Gasteiger charge is -1.94. The van der Waals surface area contributed by atoms with Crippen LogP contribution in [0.3, 0.4) is 0 Å². The Morgan fingerprint density at radius 1 is 0.786 bits per heavy atom. The molecule has 0 bridgehead atoms. The van der Waals surface area contributed by atoms with Crippen molar-refractivity contribution in [3.05, 3.63) is 48.6 Å². The van der Waals surface area contributed by atoms with E-state index in [1.54, 1.807) is 0 Å². The van der Waals surface area contributed by atoms with E-state index in [1.165, 1.54) is 25.7 Å². The zero-order valence-corrected chi connectivity index (χ0v) is 8.78.